The monoisotopic (exact) mass is 372 g/mol. The predicted octanol–water partition coefficient (Wildman–Crippen LogP) is 2.57. The highest BCUT2D eigenvalue weighted by Crippen LogP contribution is 2.23. The van der Waals surface area contributed by atoms with Gasteiger partial charge >= 0.3 is 0 Å². The molecule has 0 aliphatic carbocycles. The van der Waals surface area contributed by atoms with E-state index in [1.54, 1.807) is 18.7 Å². The third-order valence-electron chi connectivity index (χ3n) is 5.24. The third kappa shape index (κ3) is 3.05. The maximum Gasteiger partial charge on any atom is 0.255 e. The molecule has 4 aromatic rings. The SMILES string of the molecule is O=C(c1cnc2c(c1)ncn2CCc1ccccc1)N1CC(n2cccn2)C1. The minimum absolute atomic E-state index is 0.00311. The number of aromatic nitrogens is 5. The first-order valence-electron chi connectivity index (χ1n) is 9.41. The van der Waals surface area contributed by atoms with Gasteiger partial charge in [0.15, 0.2) is 5.65 Å². The van der Waals surface area contributed by atoms with E-state index in [9.17, 15) is 4.79 Å². The quantitative estimate of drug-likeness (QED) is 0.540. The van der Waals surface area contributed by atoms with Crippen molar-refractivity contribution < 1.29 is 4.79 Å². The van der Waals surface area contributed by atoms with Gasteiger partial charge in [-0.2, -0.15) is 5.10 Å². The number of fused-ring (bicyclic) bond motifs is 1. The fourth-order valence-corrected chi connectivity index (χ4v) is 3.59. The summed E-state index contributed by atoms with van der Waals surface area (Å²) in [5.74, 6) is -0.00311. The van der Waals surface area contributed by atoms with Crippen molar-refractivity contribution in [2.24, 2.45) is 0 Å². The third-order valence-corrected chi connectivity index (χ3v) is 5.24. The molecule has 140 valence electrons. The van der Waals surface area contributed by atoms with Crippen molar-refractivity contribution in [1.82, 2.24) is 29.2 Å². The van der Waals surface area contributed by atoms with E-state index in [1.807, 2.05) is 50.7 Å². The van der Waals surface area contributed by atoms with Crippen LogP contribution in [0.5, 0.6) is 0 Å². The lowest BCUT2D eigenvalue weighted by Crippen LogP contribution is -2.50. The number of hydrogen-bond donors (Lipinski definition) is 0. The molecule has 7 heteroatoms. The fourth-order valence-electron chi connectivity index (χ4n) is 3.59. The lowest BCUT2D eigenvalue weighted by Gasteiger charge is -2.39. The van der Waals surface area contributed by atoms with Crippen molar-refractivity contribution in [3.05, 3.63) is 78.5 Å². The van der Waals surface area contributed by atoms with Gasteiger partial charge in [-0.05, 0) is 24.1 Å². The van der Waals surface area contributed by atoms with Crippen LogP contribution in [0.15, 0.2) is 67.4 Å². The summed E-state index contributed by atoms with van der Waals surface area (Å²) in [4.78, 5) is 23.5. The molecule has 1 fully saturated rings. The van der Waals surface area contributed by atoms with Crippen LogP contribution in [0, 0.1) is 0 Å². The van der Waals surface area contributed by atoms with Gasteiger partial charge in [-0.1, -0.05) is 30.3 Å². The zero-order valence-electron chi connectivity index (χ0n) is 15.3. The zero-order valence-corrected chi connectivity index (χ0v) is 15.3. The minimum Gasteiger partial charge on any atom is -0.334 e. The molecule has 1 amide bonds. The highest BCUT2D eigenvalue weighted by molar-refractivity contribution is 5.96. The van der Waals surface area contributed by atoms with Crippen LogP contribution in [0.1, 0.15) is 22.0 Å². The first-order chi connectivity index (χ1) is 13.8. The second-order valence-corrected chi connectivity index (χ2v) is 7.09. The zero-order chi connectivity index (χ0) is 18.9. The normalized spacial score (nSPS) is 14.4. The van der Waals surface area contributed by atoms with Gasteiger partial charge in [-0.25, -0.2) is 9.97 Å². The van der Waals surface area contributed by atoms with Gasteiger partial charge in [-0.3, -0.25) is 9.48 Å². The van der Waals surface area contributed by atoms with E-state index in [2.05, 4.69) is 27.2 Å². The Bertz CT molecular complexity index is 1100. The lowest BCUT2D eigenvalue weighted by atomic mass is 10.1. The molecule has 5 rings (SSSR count). The van der Waals surface area contributed by atoms with E-state index in [0.717, 1.165) is 24.1 Å². The van der Waals surface area contributed by atoms with Crippen LogP contribution in [0.4, 0.5) is 0 Å². The van der Waals surface area contributed by atoms with Crippen LogP contribution in [0.25, 0.3) is 11.2 Å². The largest absolute Gasteiger partial charge is 0.334 e. The highest BCUT2D eigenvalue weighted by Gasteiger charge is 2.33. The fraction of sp³-hybridized carbons (Fsp3) is 0.238. The molecule has 3 aromatic heterocycles. The summed E-state index contributed by atoms with van der Waals surface area (Å²) in [5, 5.41) is 4.24. The maximum atomic E-state index is 12.7. The van der Waals surface area contributed by atoms with Gasteiger partial charge in [0, 0.05) is 38.2 Å². The molecule has 1 saturated heterocycles. The summed E-state index contributed by atoms with van der Waals surface area (Å²) < 4.78 is 3.94. The average molecular weight is 372 g/mol. The van der Waals surface area contributed by atoms with Gasteiger partial charge in [0.05, 0.1) is 17.9 Å². The Kier molecular flexibility index (Phi) is 4.12. The van der Waals surface area contributed by atoms with Crippen LogP contribution in [-0.2, 0) is 13.0 Å². The maximum absolute atomic E-state index is 12.7. The number of carbonyl (C=O) groups is 1. The van der Waals surface area contributed by atoms with Gasteiger partial charge in [-0.15, -0.1) is 0 Å². The molecule has 1 aliphatic heterocycles. The Balaban J connectivity index is 1.27. The molecule has 28 heavy (non-hydrogen) atoms. The Morgan fingerprint density at radius 2 is 1.96 bits per heavy atom. The number of likely N-dealkylation sites (tertiary alicyclic amines) is 1. The predicted molar refractivity (Wildman–Crippen MR) is 105 cm³/mol. The van der Waals surface area contributed by atoms with Crippen LogP contribution >= 0.6 is 0 Å². The molecule has 0 bridgehead atoms. The summed E-state index contributed by atoms with van der Waals surface area (Å²) in [6.45, 7) is 2.15. The number of carbonyl (C=O) groups excluding carboxylic acids is 1. The number of imidazole rings is 1. The van der Waals surface area contributed by atoms with Crippen LogP contribution < -0.4 is 0 Å². The van der Waals surface area contributed by atoms with Crippen LogP contribution in [0.2, 0.25) is 0 Å². The summed E-state index contributed by atoms with van der Waals surface area (Å²) in [7, 11) is 0. The lowest BCUT2D eigenvalue weighted by molar-refractivity contribution is 0.0501. The number of pyridine rings is 1. The molecule has 0 unspecified atom stereocenters. The average Bonchev–Trinajstić information content (AvgIpc) is 3.35. The Labute approximate surface area is 162 Å². The Morgan fingerprint density at radius 3 is 2.75 bits per heavy atom. The van der Waals surface area contributed by atoms with Crippen LogP contribution in [-0.4, -0.2) is 48.2 Å². The van der Waals surface area contributed by atoms with Gasteiger partial charge in [0.25, 0.3) is 5.91 Å². The van der Waals surface area contributed by atoms with Crippen molar-refractivity contribution in [1.29, 1.82) is 0 Å². The summed E-state index contributed by atoms with van der Waals surface area (Å²) in [6.07, 6.45) is 8.06. The highest BCUT2D eigenvalue weighted by atomic mass is 16.2. The first-order valence-corrected chi connectivity index (χ1v) is 9.41. The van der Waals surface area contributed by atoms with Crippen molar-refractivity contribution in [2.75, 3.05) is 13.1 Å². The molecule has 0 saturated carbocycles. The number of aryl methyl sites for hydroxylation is 2. The van der Waals surface area contributed by atoms with E-state index in [-0.39, 0.29) is 11.9 Å². The number of rotatable bonds is 5. The smallest absolute Gasteiger partial charge is 0.255 e. The molecule has 0 spiro atoms. The van der Waals surface area contributed by atoms with Crippen molar-refractivity contribution in [3.63, 3.8) is 0 Å². The number of amides is 1. The van der Waals surface area contributed by atoms with E-state index < -0.39 is 0 Å². The molecule has 1 aromatic carbocycles. The summed E-state index contributed by atoms with van der Waals surface area (Å²) in [5.41, 5.74) is 3.42. The van der Waals surface area contributed by atoms with E-state index in [4.69, 9.17) is 0 Å². The summed E-state index contributed by atoms with van der Waals surface area (Å²) >= 11 is 0. The Morgan fingerprint density at radius 1 is 1.11 bits per heavy atom. The summed E-state index contributed by atoms with van der Waals surface area (Å²) in [6, 6.07) is 14.3. The van der Waals surface area contributed by atoms with Crippen molar-refractivity contribution >= 4 is 17.1 Å². The first kappa shape index (κ1) is 16.7. The number of nitrogens with zero attached hydrogens (tertiary/aromatic N) is 6. The van der Waals surface area contributed by atoms with Crippen molar-refractivity contribution in [2.45, 2.75) is 19.0 Å². The topological polar surface area (TPSA) is 68.8 Å². The molecule has 7 nitrogen and oxygen atoms in total. The second kappa shape index (κ2) is 6.92. The van der Waals surface area contributed by atoms with Crippen molar-refractivity contribution in [3.8, 4) is 0 Å². The van der Waals surface area contributed by atoms with Crippen LogP contribution in [0.3, 0.4) is 0 Å². The molecule has 4 heterocycles. The van der Waals surface area contributed by atoms with Gasteiger partial charge < -0.3 is 9.47 Å². The standard InChI is InChI=1S/C21H20N6O/c28-21(26-13-18(14-26)27-9-4-8-24-27)17-11-19-20(22-12-17)25(15-23-19)10-7-16-5-2-1-3-6-16/h1-6,8-9,11-12,15,18H,7,10,13-14H2. The van der Waals surface area contributed by atoms with Gasteiger partial charge in [0.2, 0.25) is 0 Å². The number of hydrogen-bond acceptors (Lipinski definition) is 4. The Hall–Kier alpha value is -3.48. The van der Waals surface area contributed by atoms with E-state index in [0.29, 0.717) is 18.7 Å². The molecule has 0 atom stereocenters. The molecular formula is C21H20N6O. The molecule has 0 N–H and O–H groups in total. The number of benzene rings is 1. The second-order valence-electron chi connectivity index (χ2n) is 7.09. The van der Waals surface area contributed by atoms with E-state index >= 15 is 0 Å². The minimum atomic E-state index is -0.00311. The van der Waals surface area contributed by atoms with E-state index in [1.165, 1.54) is 5.56 Å². The molecule has 0 radical (unpaired) electrons. The molecular weight excluding hydrogens is 352 g/mol. The van der Waals surface area contributed by atoms with Gasteiger partial charge in [0.1, 0.15) is 5.52 Å². The molecule has 1 aliphatic rings.